The third kappa shape index (κ3) is 1.46. The highest BCUT2D eigenvalue weighted by Gasteiger charge is 2.15. The molecule has 0 radical (unpaired) electrons. The van der Waals surface area contributed by atoms with Crippen LogP contribution in [0.1, 0.15) is 17.3 Å². The number of hydrogen-bond donors (Lipinski definition) is 0. The van der Waals surface area contributed by atoms with Gasteiger partial charge in [-0.15, -0.1) is 0 Å². The number of hydrogen-bond acceptors (Lipinski definition) is 1. The number of carbonyl (C=O) groups excluding carboxylic acids is 1. The van der Waals surface area contributed by atoms with Gasteiger partial charge in [-0.05, 0) is 19.1 Å². The molecule has 0 heterocycles. The van der Waals surface area contributed by atoms with Crippen LogP contribution < -0.4 is 0 Å². The molecule has 0 unspecified atom stereocenters. The first-order chi connectivity index (χ1) is 5.54. The standard InChI is InChI=1S/C8H5ClF2O/c1-4(12)7-5(9)2-3-6(10)8(7)11/h2-3H,1H3. The lowest BCUT2D eigenvalue weighted by atomic mass is 10.1. The van der Waals surface area contributed by atoms with E-state index in [9.17, 15) is 13.6 Å². The summed E-state index contributed by atoms with van der Waals surface area (Å²) >= 11 is 5.47. The summed E-state index contributed by atoms with van der Waals surface area (Å²) in [6.45, 7) is 1.13. The van der Waals surface area contributed by atoms with Gasteiger partial charge in [-0.25, -0.2) is 8.78 Å². The maximum absolute atomic E-state index is 12.8. The Morgan fingerprint density at radius 2 is 2.00 bits per heavy atom. The first-order valence-corrected chi connectivity index (χ1v) is 3.56. The third-order valence-electron chi connectivity index (χ3n) is 1.40. The second-order valence-electron chi connectivity index (χ2n) is 2.27. The summed E-state index contributed by atoms with van der Waals surface area (Å²) in [6, 6.07) is 2.03. The first-order valence-electron chi connectivity index (χ1n) is 3.18. The highest BCUT2D eigenvalue weighted by Crippen LogP contribution is 2.21. The van der Waals surface area contributed by atoms with Gasteiger partial charge in [0.05, 0.1) is 10.6 Å². The minimum atomic E-state index is -1.19. The van der Waals surface area contributed by atoms with Gasteiger partial charge in [-0.2, -0.15) is 0 Å². The normalized spacial score (nSPS) is 10.0. The van der Waals surface area contributed by atoms with E-state index in [1.807, 2.05) is 0 Å². The molecule has 0 amide bonds. The monoisotopic (exact) mass is 190 g/mol. The van der Waals surface area contributed by atoms with Crippen LogP contribution in [0.15, 0.2) is 12.1 Å². The van der Waals surface area contributed by atoms with Crippen LogP contribution in [0, 0.1) is 11.6 Å². The Labute approximate surface area is 73.0 Å². The number of benzene rings is 1. The van der Waals surface area contributed by atoms with Crippen LogP contribution >= 0.6 is 11.6 Å². The van der Waals surface area contributed by atoms with E-state index in [1.165, 1.54) is 0 Å². The van der Waals surface area contributed by atoms with Gasteiger partial charge in [0, 0.05) is 0 Å². The van der Waals surface area contributed by atoms with E-state index in [0.717, 1.165) is 19.1 Å². The van der Waals surface area contributed by atoms with Crippen LogP contribution in [-0.2, 0) is 0 Å². The van der Waals surface area contributed by atoms with E-state index in [1.54, 1.807) is 0 Å². The molecule has 0 aliphatic heterocycles. The Balaban J connectivity index is 3.43. The summed E-state index contributed by atoms with van der Waals surface area (Å²) in [5.41, 5.74) is -0.392. The molecule has 0 saturated heterocycles. The van der Waals surface area contributed by atoms with Gasteiger partial charge >= 0.3 is 0 Å². The predicted molar refractivity (Wildman–Crippen MR) is 41.4 cm³/mol. The molecule has 0 bridgehead atoms. The maximum atomic E-state index is 12.8. The minimum absolute atomic E-state index is 0.0681. The molecule has 0 fully saturated rings. The quantitative estimate of drug-likeness (QED) is 0.492. The lowest BCUT2D eigenvalue weighted by molar-refractivity contribution is 0.101. The van der Waals surface area contributed by atoms with Gasteiger partial charge in [0.15, 0.2) is 17.4 Å². The molecular formula is C8H5ClF2O. The molecule has 0 N–H and O–H groups in total. The van der Waals surface area contributed by atoms with E-state index in [0.29, 0.717) is 0 Å². The molecule has 1 aromatic rings. The lowest BCUT2D eigenvalue weighted by Gasteiger charge is -2.01. The van der Waals surface area contributed by atoms with Gasteiger partial charge in [0.1, 0.15) is 0 Å². The Bertz CT molecular complexity index is 336. The van der Waals surface area contributed by atoms with Crippen molar-refractivity contribution in [2.45, 2.75) is 6.92 Å². The van der Waals surface area contributed by atoms with Crippen LogP contribution in [0.2, 0.25) is 5.02 Å². The van der Waals surface area contributed by atoms with Crippen molar-refractivity contribution < 1.29 is 13.6 Å². The molecule has 1 rings (SSSR count). The van der Waals surface area contributed by atoms with E-state index in [-0.39, 0.29) is 5.02 Å². The van der Waals surface area contributed by atoms with E-state index in [2.05, 4.69) is 0 Å². The van der Waals surface area contributed by atoms with Crippen molar-refractivity contribution in [3.05, 3.63) is 34.4 Å². The molecule has 64 valence electrons. The van der Waals surface area contributed by atoms with Gasteiger partial charge < -0.3 is 0 Å². The molecule has 0 atom stereocenters. The number of carbonyl (C=O) groups is 1. The molecular weight excluding hydrogens is 186 g/mol. The number of ketones is 1. The van der Waals surface area contributed by atoms with Crippen molar-refractivity contribution in [2.24, 2.45) is 0 Å². The Morgan fingerprint density at radius 3 is 2.42 bits per heavy atom. The molecule has 4 heteroatoms. The SMILES string of the molecule is CC(=O)c1c(Cl)ccc(F)c1F. The zero-order valence-corrected chi connectivity index (χ0v) is 6.95. The van der Waals surface area contributed by atoms with Crippen molar-refractivity contribution in [2.75, 3.05) is 0 Å². The average molecular weight is 191 g/mol. The molecule has 12 heavy (non-hydrogen) atoms. The molecule has 0 spiro atoms. The molecule has 1 nitrogen and oxygen atoms in total. The zero-order chi connectivity index (χ0) is 9.30. The van der Waals surface area contributed by atoms with Gasteiger partial charge in [0.25, 0.3) is 0 Å². The van der Waals surface area contributed by atoms with Crippen molar-refractivity contribution >= 4 is 17.4 Å². The maximum Gasteiger partial charge on any atom is 0.171 e. The smallest absolute Gasteiger partial charge is 0.171 e. The average Bonchev–Trinajstić information content (AvgIpc) is 1.97. The predicted octanol–water partition coefficient (Wildman–Crippen LogP) is 2.82. The fraction of sp³-hybridized carbons (Fsp3) is 0.125. The highest BCUT2D eigenvalue weighted by atomic mass is 35.5. The Hall–Kier alpha value is -0.960. The number of rotatable bonds is 1. The summed E-state index contributed by atoms with van der Waals surface area (Å²) in [7, 11) is 0. The molecule has 0 aliphatic rings. The van der Waals surface area contributed by atoms with E-state index < -0.39 is 23.0 Å². The summed E-state index contributed by atoms with van der Waals surface area (Å²) in [6.07, 6.45) is 0. The number of halogens is 3. The first kappa shape index (κ1) is 9.13. The lowest BCUT2D eigenvalue weighted by Crippen LogP contribution is -2.00. The van der Waals surface area contributed by atoms with Crippen LogP contribution in [-0.4, -0.2) is 5.78 Å². The Kier molecular flexibility index (Phi) is 2.43. The number of Topliss-reactive ketones (excluding diaryl/α,β-unsaturated/α-hetero) is 1. The second kappa shape index (κ2) is 3.19. The molecule has 0 aromatic heterocycles. The van der Waals surface area contributed by atoms with Crippen LogP contribution in [0.3, 0.4) is 0 Å². The van der Waals surface area contributed by atoms with E-state index in [4.69, 9.17) is 11.6 Å². The summed E-state index contributed by atoms with van der Waals surface area (Å²) < 4.78 is 25.4. The third-order valence-corrected chi connectivity index (χ3v) is 1.71. The zero-order valence-electron chi connectivity index (χ0n) is 6.20. The largest absolute Gasteiger partial charge is 0.294 e. The van der Waals surface area contributed by atoms with Crippen molar-refractivity contribution in [1.29, 1.82) is 0 Å². The van der Waals surface area contributed by atoms with Gasteiger partial charge in [0.2, 0.25) is 0 Å². The topological polar surface area (TPSA) is 17.1 Å². The van der Waals surface area contributed by atoms with Gasteiger partial charge in [-0.3, -0.25) is 4.79 Å². The fourth-order valence-corrected chi connectivity index (χ4v) is 1.13. The van der Waals surface area contributed by atoms with E-state index >= 15 is 0 Å². The second-order valence-corrected chi connectivity index (χ2v) is 2.68. The van der Waals surface area contributed by atoms with Crippen molar-refractivity contribution in [3.63, 3.8) is 0 Å². The van der Waals surface area contributed by atoms with Crippen molar-refractivity contribution in [1.82, 2.24) is 0 Å². The van der Waals surface area contributed by atoms with Crippen LogP contribution in [0.4, 0.5) is 8.78 Å². The summed E-state index contributed by atoms with van der Waals surface area (Å²) in [5, 5.41) is -0.0681. The van der Waals surface area contributed by atoms with Gasteiger partial charge in [-0.1, -0.05) is 11.6 Å². The molecule has 1 aromatic carbocycles. The minimum Gasteiger partial charge on any atom is -0.294 e. The summed E-state index contributed by atoms with van der Waals surface area (Å²) in [4.78, 5) is 10.7. The molecule has 0 aliphatic carbocycles. The summed E-state index contributed by atoms with van der Waals surface area (Å²) in [5.74, 6) is -2.84. The Morgan fingerprint density at radius 1 is 1.42 bits per heavy atom. The van der Waals surface area contributed by atoms with Crippen molar-refractivity contribution in [3.8, 4) is 0 Å². The fourth-order valence-electron chi connectivity index (χ4n) is 0.850. The van der Waals surface area contributed by atoms with Crippen LogP contribution in [0.5, 0.6) is 0 Å². The van der Waals surface area contributed by atoms with Crippen LogP contribution in [0.25, 0.3) is 0 Å². The molecule has 0 saturated carbocycles. The highest BCUT2D eigenvalue weighted by molar-refractivity contribution is 6.33.